The Labute approximate surface area is 94.1 Å². The molecule has 1 atom stereocenters. The Morgan fingerprint density at radius 2 is 2.00 bits per heavy atom. The molecule has 0 aliphatic rings. The molecule has 1 unspecified atom stereocenters. The van der Waals surface area contributed by atoms with Gasteiger partial charge < -0.3 is 5.21 Å². The fourth-order valence-corrected chi connectivity index (χ4v) is 1.71. The summed E-state index contributed by atoms with van der Waals surface area (Å²) in [6, 6.07) is 0. The van der Waals surface area contributed by atoms with Crippen molar-refractivity contribution >= 4 is 5.71 Å². The number of unbranched alkanes of at least 4 members (excludes halogenated alkanes) is 1. The van der Waals surface area contributed by atoms with E-state index in [1.54, 1.807) is 0 Å². The highest BCUT2D eigenvalue weighted by molar-refractivity contribution is 5.93. The summed E-state index contributed by atoms with van der Waals surface area (Å²) in [5.74, 6) is 0.321. The van der Waals surface area contributed by atoms with E-state index < -0.39 is 0 Å². The molecule has 2 nitrogen and oxygen atoms in total. The van der Waals surface area contributed by atoms with Gasteiger partial charge >= 0.3 is 0 Å². The predicted molar refractivity (Wildman–Crippen MR) is 66.5 cm³/mol. The van der Waals surface area contributed by atoms with Crippen LogP contribution in [0.5, 0.6) is 0 Å². The van der Waals surface area contributed by atoms with E-state index in [-0.39, 0.29) is 5.41 Å². The van der Waals surface area contributed by atoms with E-state index in [0.717, 1.165) is 17.7 Å². The standard InChI is InChI=1S/C13H25NO/c1-7-8-9-11(4)12(14-15)13(5,6)10(2)3/h11,15H,2,7-9H2,1,3-6H3/b14-12+. The van der Waals surface area contributed by atoms with Crippen molar-refractivity contribution in [1.82, 2.24) is 0 Å². The van der Waals surface area contributed by atoms with Crippen LogP contribution in [0.2, 0.25) is 0 Å². The Kier molecular flexibility index (Phi) is 5.63. The molecule has 0 spiro atoms. The Morgan fingerprint density at radius 3 is 2.33 bits per heavy atom. The average Bonchev–Trinajstić information content (AvgIpc) is 2.15. The summed E-state index contributed by atoms with van der Waals surface area (Å²) in [5, 5.41) is 12.6. The molecule has 0 aromatic rings. The summed E-state index contributed by atoms with van der Waals surface area (Å²) in [5.41, 5.74) is 1.68. The van der Waals surface area contributed by atoms with Crippen LogP contribution in [0.3, 0.4) is 0 Å². The maximum Gasteiger partial charge on any atom is 0.0694 e. The van der Waals surface area contributed by atoms with Crippen LogP contribution >= 0.6 is 0 Å². The van der Waals surface area contributed by atoms with E-state index in [0.29, 0.717) is 5.92 Å². The molecule has 2 heteroatoms. The zero-order valence-electron chi connectivity index (χ0n) is 10.8. The van der Waals surface area contributed by atoms with Crippen molar-refractivity contribution in [3.8, 4) is 0 Å². The first-order valence-corrected chi connectivity index (χ1v) is 5.76. The third-order valence-corrected chi connectivity index (χ3v) is 3.27. The van der Waals surface area contributed by atoms with Gasteiger partial charge in [0.15, 0.2) is 0 Å². The summed E-state index contributed by atoms with van der Waals surface area (Å²) in [7, 11) is 0. The molecule has 0 aromatic carbocycles. The van der Waals surface area contributed by atoms with E-state index >= 15 is 0 Å². The highest BCUT2D eigenvalue weighted by Crippen LogP contribution is 2.31. The van der Waals surface area contributed by atoms with Crippen LogP contribution in [-0.2, 0) is 0 Å². The largest absolute Gasteiger partial charge is 0.411 e. The van der Waals surface area contributed by atoms with Gasteiger partial charge in [0.1, 0.15) is 0 Å². The summed E-state index contributed by atoms with van der Waals surface area (Å²) >= 11 is 0. The quantitative estimate of drug-likeness (QED) is 0.303. The molecular formula is C13H25NO. The lowest BCUT2D eigenvalue weighted by molar-refractivity contribution is 0.305. The Morgan fingerprint density at radius 1 is 1.47 bits per heavy atom. The molecule has 0 amide bonds. The lowest BCUT2D eigenvalue weighted by atomic mass is 9.75. The fraction of sp³-hybridized carbons (Fsp3) is 0.769. The van der Waals surface area contributed by atoms with Crippen LogP contribution in [0.4, 0.5) is 0 Å². The number of allylic oxidation sites excluding steroid dienone is 1. The molecule has 1 N–H and O–H groups in total. The second-order valence-corrected chi connectivity index (χ2v) is 4.93. The van der Waals surface area contributed by atoms with E-state index in [4.69, 9.17) is 5.21 Å². The minimum absolute atomic E-state index is 0.206. The molecule has 0 aliphatic carbocycles. The third-order valence-electron chi connectivity index (χ3n) is 3.27. The molecule has 0 aliphatic heterocycles. The van der Waals surface area contributed by atoms with Crippen LogP contribution in [-0.4, -0.2) is 10.9 Å². The van der Waals surface area contributed by atoms with Crippen LogP contribution < -0.4 is 0 Å². The van der Waals surface area contributed by atoms with Crippen molar-refractivity contribution in [3.63, 3.8) is 0 Å². The second kappa shape index (κ2) is 5.94. The van der Waals surface area contributed by atoms with Crippen LogP contribution in [0.25, 0.3) is 0 Å². The molecule has 0 aromatic heterocycles. The smallest absolute Gasteiger partial charge is 0.0694 e. The van der Waals surface area contributed by atoms with Crippen LogP contribution in [0.1, 0.15) is 53.9 Å². The Bertz CT molecular complexity index is 241. The van der Waals surface area contributed by atoms with Gasteiger partial charge in [-0.25, -0.2) is 0 Å². The van der Waals surface area contributed by atoms with Crippen molar-refractivity contribution in [3.05, 3.63) is 12.2 Å². The van der Waals surface area contributed by atoms with Crippen LogP contribution in [0, 0.1) is 11.3 Å². The molecule has 0 saturated carbocycles. The molecule has 0 heterocycles. The monoisotopic (exact) mass is 211 g/mol. The fourth-order valence-electron chi connectivity index (χ4n) is 1.71. The Balaban J connectivity index is 4.70. The number of hydrogen-bond acceptors (Lipinski definition) is 2. The number of hydrogen-bond donors (Lipinski definition) is 1. The van der Waals surface area contributed by atoms with Crippen LogP contribution in [0.15, 0.2) is 17.3 Å². The highest BCUT2D eigenvalue weighted by atomic mass is 16.4. The van der Waals surface area contributed by atoms with Crippen molar-refractivity contribution in [1.29, 1.82) is 0 Å². The topological polar surface area (TPSA) is 32.6 Å². The molecule has 0 saturated heterocycles. The summed E-state index contributed by atoms with van der Waals surface area (Å²) in [4.78, 5) is 0. The number of rotatable bonds is 6. The lowest BCUT2D eigenvalue weighted by Crippen LogP contribution is -2.30. The average molecular weight is 211 g/mol. The maximum atomic E-state index is 9.13. The van der Waals surface area contributed by atoms with E-state index in [1.807, 2.05) is 6.92 Å². The highest BCUT2D eigenvalue weighted by Gasteiger charge is 2.30. The maximum absolute atomic E-state index is 9.13. The van der Waals surface area contributed by atoms with Gasteiger partial charge in [-0.1, -0.05) is 57.8 Å². The van der Waals surface area contributed by atoms with Gasteiger partial charge in [-0.2, -0.15) is 0 Å². The molecule has 0 bridgehead atoms. The van der Waals surface area contributed by atoms with Gasteiger partial charge in [0, 0.05) is 5.41 Å². The zero-order valence-corrected chi connectivity index (χ0v) is 10.8. The molecule has 88 valence electrons. The molecule has 15 heavy (non-hydrogen) atoms. The normalized spacial score (nSPS) is 15.1. The first-order chi connectivity index (χ1) is 6.87. The van der Waals surface area contributed by atoms with Gasteiger partial charge in [0.25, 0.3) is 0 Å². The zero-order chi connectivity index (χ0) is 12.1. The minimum atomic E-state index is -0.206. The second-order valence-electron chi connectivity index (χ2n) is 4.93. The predicted octanol–water partition coefficient (Wildman–Crippen LogP) is 4.25. The number of nitrogens with zero attached hydrogens (tertiary/aromatic N) is 1. The summed E-state index contributed by atoms with van der Waals surface area (Å²) in [6.07, 6.45) is 3.43. The molecule has 0 rings (SSSR count). The van der Waals surface area contributed by atoms with Crippen molar-refractivity contribution in [2.45, 2.75) is 53.9 Å². The first kappa shape index (κ1) is 14.2. The van der Waals surface area contributed by atoms with E-state index in [2.05, 4.69) is 39.4 Å². The van der Waals surface area contributed by atoms with Crippen molar-refractivity contribution < 1.29 is 5.21 Å². The van der Waals surface area contributed by atoms with E-state index in [1.165, 1.54) is 12.8 Å². The minimum Gasteiger partial charge on any atom is -0.411 e. The van der Waals surface area contributed by atoms with Crippen molar-refractivity contribution in [2.24, 2.45) is 16.5 Å². The summed E-state index contributed by atoms with van der Waals surface area (Å²) < 4.78 is 0. The van der Waals surface area contributed by atoms with Gasteiger partial charge in [0.05, 0.1) is 5.71 Å². The van der Waals surface area contributed by atoms with Gasteiger partial charge in [-0.3, -0.25) is 0 Å². The van der Waals surface area contributed by atoms with Gasteiger partial charge in [-0.05, 0) is 19.3 Å². The molecular weight excluding hydrogens is 186 g/mol. The Hall–Kier alpha value is -0.790. The lowest BCUT2D eigenvalue weighted by Gasteiger charge is -2.30. The first-order valence-electron chi connectivity index (χ1n) is 5.76. The van der Waals surface area contributed by atoms with Gasteiger partial charge in [-0.15, -0.1) is 0 Å². The molecule has 0 radical (unpaired) electrons. The van der Waals surface area contributed by atoms with E-state index in [9.17, 15) is 0 Å². The number of oxime groups is 1. The van der Waals surface area contributed by atoms with Crippen molar-refractivity contribution in [2.75, 3.05) is 0 Å². The third kappa shape index (κ3) is 3.69. The van der Waals surface area contributed by atoms with Gasteiger partial charge in [0.2, 0.25) is 0 Å². The molecule has 0 fully saturated rings. The summed E-state index contributed by atoms with van der Waals surface area (Å²) in [6.45, 7) is 14.4. The SMILES string of the molecule is C=C(C)C(C)(C)/C(=N/O)C(C)CCCC.